The summed E-state index contributed by atoms with van der Waals surface area (Å²) >= 11 is 1.73. The fraction of sp³-hybridized carbons (Fsp3) is 0.636. The van der Waals surface area contributed by atoms with Crippen LogP contribution < -0.4 is 10.6 Å². The zero-order valence-electron chi connectivity index (χ0n) is 10.5. The van der Waals surface area contributed by atoms with Crippen LogP contribution >= 0.6 is 11.8 Å². The fourth-order valence-electron chi connectivity index (χ4n) is 1.37. The summed E-state index contributed by atoms with van der Waals surface area (Å²) in [6, 6.07) is 0.226. The van der Waals surface area contributed by atoms with Crippen molar-refractivity contribution in [1.82, 2.24) is 9.97 Å². The van der Waals surface area contributed by atoms with Crippen LogP contribution in [-0.4, -0.2) is 34.6 Å². The van der Waals surface area contributed by atoms with E-state index in [4.69, 9.17) is 0 Å². The van der Waals surface area contributed by atoms with Crippen molar-refractivity contribution in [2.75, 3.05) is 29.2 Å². The lowest BCUT2D eigenvalue weighted by Gasteiger charge is -2.17. The van der Waals surface area contributed by atoms with Crippen LogP contribution in [0.1, 0.15) is 20.3 Å². The van der Waals surface area contributed by atoms with Crippen LogP contribution in [-0.2, 0) is 0 Å². The third-order valence-corrected chi connectivity index (χ3v) is 3.02. The van der Waals surface area contributed by atoms with Gasteiger partial charge in [0.1, 0.15) is 0 Å². The molecule has 0 aliphatic rings. The lowest BCUT2D eigenvalue weighted by molar-refractivity contribution is 0.612. The van der Waals surface area contributed by atoms with Gasteiger partial charge in [-0.2, -0.15) is 16.7 Å². The second kappa shape index (κ2) is 7.32. The summed E-state index contributed by atoms with van der Waals surface area (Å²) in [7, 11) is 0. The maximum absolute atomic E-state index is 13.5. The Morgan fingerprint density at radius 3 is 2.82 bits per heavy atom. The maximum atomic E-state index is 13.5. The molecule has 1 aromatic heterocycles. The van der Waals surface area contributed by atoms with Gasteiger partial charge in [-0.1, -0.05) is 6.92 Å². The van der Waals surface area contributed by atoms with Gasteiger partial charge in [-0.15, -0.1) is 0 Å². The minimum atomic E-state index is -0.411. The second-order valence-corrected chi connectivity index (χ2v) is 4.54. The molecule has 96 valence electrons. The Labute approximate surface area is 106 Å². The van der Waals surface area contributed by atoms with Crippen LogP contribution in [0.15, 0.2) is 6.20 Å². The third kappa shape index (κ3) is 4.38. The molecule has 0 fully saturated rings. The van der Waals surface area contributed by atoms with E-state index in [1.807, 2.05) is 13.2 Å². The molecule has 0 aromatic carbocycles. The summed E-state index contributed by atoms with van der Waals surface area (Å²) in [5, 5.41) is 6.07. The Balaban J connectivity index is 2.76. The fourth-order valence-corrected chi connectivity index (χ4v) is 2.09. The molecular formula is C11H19FN4S. The molecule has 1 rings (SSSR count). The van der Waals surface area contributed by atoms with Gasteiger partial charge in [0, 0.05) is 18.3 Å². The first-order valence-corrected chi connectivity index (χ1v) is 7.12. The number of rotatable bonds is 7. The van der Waals surface area contributed by atoms with Crippen LogP contribution in [0.4, 0.5) is 16.2 Å². The molecule has 0 saturated heterocycles. The van der Waals surface area contributed by atoms with Gasteiger partial charge in [-0.25, -0.2) is 9.37 Å². The zero-order chi connectivity index (χ0) is 12.7. The minimum absolute atomic E-state index is 0.226. The summed E-state index contributed by atoms with van der Waals surface area (Å²) in [5.41, 5.74) is 0. The first-order valence-electron chi connectivity index (χ1n) is 5.73. The maximum Gasteiger partial charge on any atom is 0.224 e. The molecule has 0 saturated carbocycles. The lowest BCUT2D eigenvalue weighted by atomic mass is 10.2. The number of aromatic nitrogens is 2. The molecule has 0 aliphatic heterocycles. The Bertz CT molecular complexity index is 348. The SMILES string of the molecule is CCNc1ncc(F)c(NC(CC)CSC)n1. The highest BCUT2D eigenvalue weighted by atomic mass is 32.2. The van der Waals surface area contributed by atoms with Crippen LogP contribution in [0.5, 0.6) is 0 Å². The molecule has 2 N–H and O–H groups in total. The van der Waals surface area contributed by atoms with Crippen LogP contribution in [0.2, 0.25) is 0 Å². The van der Waals surface area contributed by atoms with Crippen molar-refractivity contribution in [1.29, 1.82) is 0 Å². The first-order chi connectivity index (χ1) is 8.21. The van der Waals surface area contributed by atoms with E-state index in [2.05, 4.69) is 27.5 Å². The topological polar surface area (TPSA) is 49.8 Å². The summed E-state index contributed by atoms with van der Waals surface area (Å²) in [5.74, 6) is 1.25. The molecule has 6 heteroatoms. The zero-order valence-corrected chi connectivity index (χ0v) is 11.3. The van der Waals surface area contributed by atoms with E-state index < -0.39 is 5.82 Å². The number of nitrogens with one attached hydrogen (secondary N) is 2. The molecular weight excluding hydrogens is 239 g/mol. The number of anilines is 2. The summed E-state index contributed by atoms with van der Waals surface area (Å²) in [6.45, 7) is 4.73. The van der Waals surface area contributed by atoms with Gasteiger partial charge in [-0.05, 0) is 19.6 Å². The lowest BCUT2D eigenvalue weighted by Crippen LogP contribution is -2.23. The molecule has 1 atom stereocenters. The van der Waals surface area contributed by atoms with E-state index >= 15 is 0 Å². The van der Waals surface area contributed by atoms with E-state index in [0.717, 1.165) is 12.2 Å². The third-order valence-electron chi connectivity index (χ3n) is 2.28. The standard InChI is InChI=1S/C11H19FN4S/c1-4-8(7-17-3)15-10-9(12)6-14-11(16-10)13-5-2/h6,8H,4-5,7H2,1-3H3,(H2,13,14,15,16). The van der Waals surface area contributed by atoms with Gasteiger partial charge >= 0.3 is 0 Å². The van der Waals surface area contributed by atoms with E-state index in [9.17, 15) is 4.39 Å². The molecule has 1 heterocycles. The largest absolute Gasteiger partial charge is 0.364 e. The smallest absolute Gasteiger partial charge is 0.224 e. The number of nitrogens with zero attached hydrogens (tertiary/aromatic N) is 2. The van der Waals surface area contributed by atoms with Crippen LogP contribution in [0.3, 0.4) is 0 Å². The molecule has 1 aromatic rings. The van der Waals surface area contributed by atoms with Crippen molar-refractivity contribution >= 4 is 23.5 Å². The van der Waals surface area contributed by atoms with Gasteiger partial charge in [0.25, 0.3) is 0 Å². The summed E-state index contributed by atoms with van der Waals surface area (Å²) in [6.07, 6.45) is 4.16. The van der Waals surface area contributed by atoms with E-state index in [1.54, 1.807) is 11.8 Å². The summed E-state index contributed by atoms with van der Waals surface area (Å²) in [4.78, 5) is 7.98. The van der Waals surface area contributed by atoms with Crippen molar-refractivity contribution in [2.45, 2.75) is 26.3 Å². The molecule has 0 bridgehead atoms. The minimum Gasteiger partial charge on any atom is -0.364 e. The normalized spacial score (nSPS) is 12.2. The van der Waals surface area contributed by atoms with Gasteiger partial charge in [0.2, 0.25) is 5.95 Å². The molecule has 0 spiro atoms. The van der Waals surface area contributed by atoms with Crippen LogP contribution in [0, 0.1) is 5.82 Å². The monoisotopic (exact) mass is 258 g/mol. The van der Waals surface area contributed by atoms with E-state index in [-0.39, 0.29) is 11.9 Å². The van der Waals surface area contributed by atoms with Gasteiger partial charge in [0.05, 0.1) is 6.20 Å². The Morgan fingerprint density at radius 1 is 1.47 bits per heavy atom. The number of thioether (sulfide) groups is 1. The molecule has 0 aliphatic carbocycles. The van der Waals surface area contributed by atoms with Crippen molar-refractivity contribution in [3.63, 3.8) is 0 Å². The summed E-state index contributed by atoms with van der Waals surface area (Å²) < 4.78 is 13.5. The molecule has 0 radical (unpaired) electrons. The Hall–Kier alpha value is -1.04. The van der Waals surface area contributed by atoms with E-state index in [0.29, 0.717) is 12.5 Å². The highest BCUT2D eigenvalue weighted by molar-refractivity contribution is 7.98. The van der Waals surface area contributed by atoms with Gasteiger partial charge in [0.15, 0.2) is 11.6 Å². The van der Waals surface area contributed by atoms with Gasteiger partial charge in [-0.3, -0.25) is 0 Å². The highest BCUT2D eigenvalue weighted by Crippen LogP contribution is 2.15. The Morgan fingerprint density at radius 2 is 2.24 bits per heavy atom. The predicted octanol–water partition coefficient (Wildman–Crippen LogP) is 2.60. The van der Waals surface area contributed by atoms with Crippen LogP contribution in [0.25, 0.3) is 0 Å². The Kier molecular flexibility index (Phi) is 6.04. The van der Waals surface area contributed by atoms with E-state index in [1.165, 1.54) is 6.20 Å². The highest BCUT2D eigenvalue weighted by Gasteiger charge is 2.11. The number of hydrogen-bond donors (Lipinski definition) is 2. The van der Waals surface area contributed by atoms with Crippen molar-refractivity contribution in [3.05, 3.63) is 12.0 Å². The predicted molar refractivity (Wildman–Crippen MR) is 72.2 cm³/mol. The van der Waals surface area contributed by atoms with Crippen molar-refractivity contribution in [2.24, 2.45) is 0 Å². The molecule has 17 heavy (non-hydrogen) atoms. The molecule has 4 nitrogen and oxygen atoms in total. The first kappa shape index (κ1) is 14.0. The van der Waals surface area contributed by atoms with Crippen molar-refractivity contribution in [3.8, 4) is 0 Å². The van der Waals surface area contributed by atoms with Gasteiger partial charge < -0.3 is 10.6 Å². The average Bonchev–Trinajstić information content (AvgIpc) is 2.33. The number of hydrogen-bond acceptors (Lipinski definition) is 5. The molecule has 1 unspecified atom stereocenters. The average molecular weight is 258 g/mol. The number of halogens is 1. The van der Waals surface area contributed by atoms with Crippen molar-refractivity contribution < 1.29 is 4.39 Å². The second-order valence-electron chi connectivity index (χ2n) is 3.63. The molecule has 0 amide bonds. The quantitative estimate of drug-likeness (QED) is 0.787.